The Balaban J connectivity index is 1.22. The Morgan fingerprint density at radius 1 is 1.13 bits per heavy atom. The molecule has 0 amide bonds. The van der Waals surface area contributed by atoms with Crippen LogP contribution in [0.3, 0.4) is 0 Å². The van der Waals surface area contributed by atoms with E-state index >= 15 is 0 Å². The molecule has 1 aromatic carbocycles. The van der Waals surface area contributed by atoms with Crippen LogP contribution in [0.4, 0.5) is 5.95 Å². The third-order valence-corrected chi connectivity index (χ3v) is 4.93. The van der Waals surface area contributed by atoms with Crippen LogP contribution in [0.25, 0.3) is 11.5 Å². The molecule has 30 heavy (non-hydrogen) atoms. The molecule has 10 heteroatoms. The zero-order valence-electron chi connectivity index (χ0n) is 16.3. The first-order chi connectivity index (χ1) is 14.7. The van der Waals surface area contributed by atoms with Crippen LogP contribution in [0.1, 0.15) is 23.9 Å². The van der Waals surface area contributed by atoms with Gasteiger partial charge in [0.1, 0.15) is 6.42 Å². The number of rotatable bonds is 6. The average molecular weight is 409 g/mol. The highest BCUT2D eigenvalue weighted by molar-refractivity contribution is 5.71. The number of nitrogens with zero attached hydrogens (tertiary/aromatic N) is 4. The molecule has 5 rings (SSSR count). The number of carbonyl (C=O) groups is 1. The minimum atomic E-state index is -0.413. The van der Waals surface area contributed by atoms with Gasteiger partial charge >= 0.3 is 5.97 Å². The van der Waals surface area contributed by atoms with Crippen LogP contribution in [-0.2, 0) is 28.8 Å². The Morgan fingerprint density at radius 3 is 2.50 bits per heavy atom. The highest BCUT2D eigenvalue weighted by atomic mass is 16.7. The maximum atomic E-state index is 11.5. The zero-order valence-corrected chi connectivity index (χ0v) is 16.3. The molecule has 10 nitrogen and oxygen atoms in total. The second-order valence-corrected chi connectivity index (χ2v) is 7.00. The average Bonchev–Trinajstić information content (AvgIpc) is 3.46. The van der Waals surface area contributed by atoms with E-state index < -0.39 is 5.97 Å². The van der Waals surface area contributed by atoms with Crippen molar-refractivity contribution in [2.45, 2.75) is 32.2 Å². The molecule has 1 aliphatic heterocycles. The van der Waals surface area contributed by atoms with Crippen molar-refractivity contribution in [2.24, 2.45) is 0 Å². The fourth-order valence-electron chi connectivity index (χ4n) is 3.58. The summed E-state index contributed by atoms with van der Waals surface area (Å²) in [5, 5.41) is 11.2. The van der Waals surface area contributed by atoms with Crippen molar-refractivity contribution in [1.82, 2.24) is 20.2 Å². The van der Waals surface area contributed by atoms with Gasteiger partial charge in [-0.05, 0) is 43.0 Å². The number of fused-ring (bicyclic) bond motifs is 2. The van der Waals surface area contributed by atoms with Crippen LogP contribution in [0.2, 0.25) is 0 Å². The van der Waals surface area contributed by atoms with E-state index in [1.807, 2.05) is 12.1 Å². The van der Waals surface area contributed by atoms with Crippen molar-refractivity contribution in [2.75, 3.05) is 18.7 Å². The monoisotopic (exact) mass is 409 g/mol. The summed E-state index contributed by atoms with van der Waals surface area (Å²) in [6.07, 6.45) is 4.86. The third kappa shape index (κ3) is 3.63. The minimum Gasteiger partial charge on any atom is -0.466 e. The number of esters is 1. The van der Waals surface area contributed by atoms with Crippen molar-refractivity contribution >= 4 is 11.9 Å². The van der Waals surface area contributed by atoms with Crippen LogP contribution in [0.15, 0.2) is 28.9 Å². The van der Waals surface area contributed by atoms with Gasteiger partial charge in [-0.15, -0.1) is 10.2 Å². The number of benzene rings is 1. The lowest BCUT2D eigenvalue weighted by Gasteiger charge is -2.11. The molecule has 2 aromatic heterocycles. The van der Waals surface area contributed by atoms with Crippen molar-refractivity contribution in [1.29, 1.82) is 0 Å². The molecule has 154 valence electrons. The van der Waals surface area contributed by atoms with Gasteiger partial charge in [-0.3, -0.25) is 4.79 Å². The summed E-state index contributed by atoms with van der Waals surface area (Å²) in [6, 6.07) is 4.28. The quantitative estimate of drug-likeness (QED) is 0.604. The first kappa shape index (κ1) is 18.3. The molecule has 3 aromatic rings. The molecule has 0 saturated carbocycles. The topological polar surface area (TPSA) is 121 Å². The Bertz CT molecular complexity index is 1050. The van der Waals surface area contributed by atoms with Gasteiger partial charge in [0.25, 0.3) is 5.89 Å². The van der Waals surface area contributed by atoms with Crippen molar-refractivity contribution < 1.29 is 23.4 Å². The smallest absolute Gasteiger partial charge is 0.315 e. The van der Waals surface area contributed by atoms with Crippen LogP contribution in [0, 0.1) is 0 Å². The predicted octanol–water partition coefficient (Wildman–Crippen LogP) is 1.94. The highest BCUT2D eigenvalue weighted by Gasteiger charge is 2.26. The number of carbonyl (C=O) groups excluding carboxylic acids is 1. The van der Waals surface area contributed by atoms with Crippen LogP contribution in [0.5, 0.6) is 11.5 Å². The lowest BCUT2D eigenvalue weighted by Crippen LogP contribution is -2.21. The second kappa shape index (κ2) is 7.62. The SMILES string of the molecule is CCOC(=O)Cc1nnc(-c2cnc(NC3Cc4cc5c(cc4C3)OCO5)nc2)o1. The fourth-order valence-corrected chi connectivity index (χ4v) is 3.58. The third-order valence-electron chi connectivity index (χ3n) is 4.93. The number of aromatic nitrogens is 4. The standard InChI is InChI=1S/C20H19N5O5/c1-2-27-18(26)7-17-24-25-19(30-17)13-8-21-20(22-9-13)23-14-3-11-5-15-16(29-10-28-15)6-12(11)4-14/h5-6,8-9,14H,2-4,7,10H2,1H3,(H,21,22,23). The normalized spacial score (nSPS) is 14.6. The first-order valence-electron chi connectivity index (χ1n) is 9.66. The largest absolute Gasteiger partial charge is 0.466 e. The van der Waals surface area contributed by atoms with Gasteiger partial charge in [0.15, 0.2) is 11.5 Å². The Kier molecular flexibility index (Phi) is 4.66. The van der Waals surface area contributed by atoms with Gasteiger partial charge in [0, 0.05) is 18.4 Å². The Hall–Kier alpha value is -3.69. The van der Waals surface area contributed by atoms with E-state index in [9.17, 15) is 4.79 Å². The van der Waals surface area contributed by atoms with E-state index in [2.05, 4.69) is 25.5 Å². The summed E-state index contributed by atoms with van der Waals surface area (Å²) in [5.41, 5.74) is 3.06. The molecule has 0 radical (unpaired) electrons. The van der Waals surface area contributed by atoms with E-state index in [4.69, 9.17) is 18.6 Å². The van der Waals surface area contributed by atoms with Gasteiger partial charge in [-0.2, -0.15) is 0 Å². The summed E-state index contributed by atoms with van der Waals surface area (Å²) in [4.78, 5) is 20.2. The number of ether oxygens (including phenoxy) is 3. The molecule has 3 heterocycles. The number of nitrogens with one attached hydrogen (secondary N) is 1. The summed E-state index contributed by atoms with van der Waals surface area (Å²) >= 11 is 0. The fraction of sp³-hybridized carbons (Fsp3) is 0.350. The molecule has 0 fully saturated rings. The Labute approximate surface area is 171 Å². The molecule has 0 unspecified atom stereocenters. The van der Waals surface area contributed by atoms with E-state index in [1.54, 1.807) is 19.3 Å². The Morgan fingerprint density at radius 2 is 1.83 bits per heavy atom. The van der Waals surface area contributed by atoms with Crippen molar-refractivity contribution in [3.63, 3.8) is 0 Å². The molecule has 0 spiro atoms. The van der Waals surface area contributed by atoms with Crippen LogP contribution in [-0.4, -0.2) is 45.6 Å². The van der Waals surface area contributed by atoms with E-state index in [-0.39, 0.29) is 31.0 Å². The highest BCUT2D eigenvalue weighted by Crippen LogP contribution is 2.38. The van der Waals surface area contributed by atoms with Gasteiger partial charge < -0.3 is 23.9 Å². The molecule has 2 aliphatic rings. The second-order valence-electron chi connectivity index (χ2n) is 7.00. The van der Waals surface area contributed by atoms with E-state index in [1.165, 1.54) is 11.1 Å². The molecular weight excluding hydrogens is 390 g/mol. The summed E-state index contributed by atoms with van der Waals surface area (Å²) < 4.78 is 21.3. The lowest BCUT2D eigenvalue weighted by molar-refractivity contribution is -0.142. The van der Waals surface area contributed by atoms with E-state index in [0.717, 1.165) is 24.3 Å². The number of hydrogen-bond acceptors (Lipinski definition) is 10. The van der Waals surface area contributed by atoms with Crippen LogP contribution >= 0.6 is 0 Å². The number of hydrogen-bond donors (Lipinski definition) is 1. The molecule has 1 N–H and O–H groups in total. The lowest BCUT2D eigenvalue weighted by atomic mass is 10.1. The maximum Gasteiger partial charge on any atom is 0.315 e. The summed E-state index contributed by atoms with van der Waals surface area (Å²) in [5.74, 6) is 2.15. The van der Waals surface area contributed by atoms with Gasteiger partial charge in [-0.25, -0.2) is 9.97 Å². The number of anilines is 1. The summed E-state index contributed by atoms with van der Waals surface area (Å²) in [6.45, 7) is 2.33. The van der Waals surface area contributed by atoms with Crippen molar-refractivity contribution in [3.8, 4) is 23.0 Å². The molecule has 0 saturated heterocycles. The van der Waals surface area contributed by atoms with Gasteiger partial charge in [0.2, 0.25) is 18.6 Å². The molecular formula is C20H19N5O5. The molecule has 0 bridgehead atoms. The van der Waals surface area contributed by atoms with E-state index in [0.29, 0.717) is 18.1 Å². The first-order valence-corrected chi connectivity index (χ1v) is 9.66. The van der Waals surface area contributed by atoms with Crippen molar-refractivity contribution in [3.05, 3.63) is 41.5 Å². The minimum absolute atomic E-state index is 0.0664. The molecule has 1 aliphatic carbocycles. The van der Waals surface area contributed by atoms with Gasteiger partial charge in [0.05, 0.1) is 12.2 Å². The van der Waals surface area contributed by atoms with Gasteiger partial charge in [-0.1, -0.05) is 0 Å². The predicted molar refractivity (Wildman–Crippen MR) is 103 cm³/mol. The maximum absolute atomic E-state index is 11.5. The van der Waals surface area contributed by atoms with Crippen LogP contribution < -0.4 is 14.8 Å². The zero-order chi connectivity index (χ0) is 20.5. The molecule has 0 atom stereocenters. The summed E-state index contributed by atoms with van der Waals surface area (Å²) in [7, 11) is 0.